The monoisotopic (exact) mass is 511 g/mol. The van der Waals surface area contributed by atoms with Crippen LogP contribution >= 0.6 is 11.6 Å². The molecule has 1 aliphatic heterocycles. The van der Waals surface area contributed by atoms with Gasteiger partial charge in [0.05, 0.1) is 11.6 Å². The van der Waals surface area contributed by atoms with Crippen molar-refractivity contribution in [3.05, 3.63) is 40.6 Å². The van der Waals surface area contributed by atoms with E-state index in [1.54, 1.807) is 20.0 Å². The third-order valence-electron chi connectivity index (χ3n) is 5.10. The maximum atomic E-state index is 13.5. The van der Waals surface area contributed by atoms with E-state index < -0.39 is 18.8 Å². The van der Waals surface area contributed by atoms with Gasteiger partial charge < -0.3 is 19.1 Å². The van der Waals surface area contributed by atoms with Crippen molar-refractivity contribution in [2.75, 3.05) is 40.1 Å². The third-order valence-corrected chi connectivity index (χ3v) is 5.41. The molecule has 0 atom stereocenters. The fourth-order valence-corrected chi connectivity index (χ4v) is 3.21. The van der Waals surface area contributed by atoms with Gasteiger partial charge in [-0.05, 0) is 38.3 Å². The number of ether oxygens (including phenoxy) is 4. The summed E-state index contributed by atoms with van der Waals surface area (Å²) in [5.74, 6) is -0.0351. The predicted molar refractivity (Wildman–Crippen MR) is 120 cm³/mol. The quantitative estimate of drug-likeness (QED) is 0.118. The highest BCUT2D eigenvalue weighted by molar-refractivity contribution is 6.30. The van der Waals surface area contributed by atoms with Crippen LogP contribution in [0.3, 0.4) is 0 Å². The first kappa shape index (κ1) is 28.0. The van der Waals surface area contributed by atoms with Crippen LogP contribution in [-0.2, 0) is 14.2 Å². The number of benzene rings is 1. The van der Waals surface area contributed by atoms with Crippen molar-refractivity contribution in [1.82, 2.24) is 10.2 Å². The van der Waals surface area contributed by atoms with Crippen molar-refractivity contribution in [3.8, 4) is 5.75 Å². The number of alkyl halides is 3. The lowest BCUT2D eigenvalue weighted by atomic mass is 10.1. The number of piperidine rings is 1. The Bertz CT molecular complexity index is 844. The summed E-state index contributed by atoms with van der Waals surface area (Å²) in [7, 11) is 1.57. The van der Waals surface area contributed by atoms with Crippen LogP contribution in [-0.4, -0.2) is 63.4 Å². The molecule has 1 aliphatic rings. The molecule has 0 spiro atoms. The van der Waals surface area contributed by atoms with Gasteiger partial charge in [0.25, 0.3) is 12.0 Å². The average Bonchev–Trinajstić information content (AvgIpc) is 2.80. The number of hydrogen-bond acceptors (Lipinski definition) is 6. The Balaban J connectivity index is 1.80. The van der Waals surface area contributed by atoms with Gasteiger partial charge in [0.2, 0.25) is 0 Å². The Labute approximate surface area is 201 Å². The molecule has 1 fully saturated rings. The van der Waals surface area contributed by atoms with Crippen LogP contribution in [0, 0.1) is 5.82 Å². The fraction of sp³-hybridized carbons (Fsp3) is 0.591. The maximum Gasteiger partial charge on any atom is 0.522 e. The minimum absolute atomic E-state index is 0.0375. The van der Waals surface area contributed by atoms with E-state index >= 15 is 0 Å². The van der Waals surface area contributed by atoms with Crippen molar-refractivity contribution < 1.29 is 36.5 Å². The summed E-state index contributed by atoms with van der Waals surface area (Å²) < 4.78 is 70.5. The van der Waals surface area contributed by atoms with Crippen molar-refractivity contribution in [3.63, 3.8) is 0 Å². The molecule has 1 aromatic rings. The van der Waals surface area contributed by atoms with E-state index in [2.05, 4.69) is 15.0 Å². The minimum Gasteiger partial charge on any atom is -0.478 e. The predicted octanol–water partition coefficient (Wildman–Crippen LogP) is 5.07. The second-order valence-electron chi connectivity index (χ2n) is 7.50. The molecular weight excluding hydrogens is 482 g/mol. The fourth-order valence-electron chi connectivity index (χ4n) is 3.09. The smallest absolute Gasteiger partial charge is 0.478 e. The van der Waals surface area contributed by atoms with E-state index in [9.17, 15) is 17.6 Å². The van der Waals surface area contributed by atoms with Gasteiger partial charge in [-0.1, -0.05) is 18.5 Å². The molecule has 0 bridgehead atoms. The summed E-state index contributed by atoms with van der Waals surface area (Å²) in [5, 5.41) is 3.31. The number of likely N-dealkylation sites (tertiary alicyclic amines) is 1. The Hall–Kier alpha value is -2.24. The molecule has 1 saturated heterocycles. The molecular formula is C22H30ClF4N3O4. The van der Waals surface area contributed by atoms with Gasteiger partial charge in [-0.15, -0.1) is 13.2 Å². The van der Waals surface area contributed by atoms with Gasteiger partial charge in [0.15, 0.2) is 0 Å². The first-order valence-electron chi connectivity index (χ1n) is 10.9. The summed E-state index contributed by atoms with van der Waals surface area (Å²) in [5.41, 5.74) is 0.737. The Morgan fingerprint density at radius 2 is 1.94 bits per heavy atom. The number of halogens is 5. The van der Waals surface area contributed by atoms with E-state index in [1.165, 1.54) is 12.1 Å². The molecule has 2 rings (SSSR count). The molecule has 1 heterocycles. The van der Waals surface area contributed by atoms with Gasteiger partial charge >= 0.3 is 6.36 Å². The highest BCUT2D eigenvalue weighted by Crippen LogP contribution is 2.21. The standard InChI is InChI=1S/C22H30ClF4N3O4/c1-4-15(2)20(31-11-12-33-22(25,26)27)34-21(28-3)30-9-7-16(8-10-30)29-14-32-17-5-6-18(23)19(24)13-17/h5-6,13,16,29H,4,7-12,14H2,1-3H3/b20-15-,28-21?. The SMILES string of the molecule is CC/C(C)=C(/OCCOC(F)(F)F)OC(=NC)N1CCC(NCOc2ccc(Cl)c(F)c2)CC1. The number of hydrogen-bond donors (Lipinski definition) is 1. The molecule has 0 radical (unpaired) electrons. The zero-order valence-electron chi connectivity index (χ0n) is 19.4. The van der Waals surface area contributed by atoms with Gasteiger partial charge in [-0.3, -0.25) is 10.1 Å². The number of nitrogens with zero attached hydrogens (tertiary/aromatic N) is 2. The van der Waals surface area contributed by atoms with E-state index in [1.807, 2.05) is 11.8 Å². The second kappa shape index (κ2) is 13.6. The minimum atomic E-state index is -4.71. The lowest BCUT2D eigenvalue weighted by molar-refractivity contribution is -0.326. The van der Waals surface area contributed by atoms with Crippen molar-refractivity contribution >= 4 is 17.6 Å². The molecule has 0 unspecified atom stereocenters. The van der Waals surface area contributed by atoms with Crippen LogP contribution in [0.2, 0.25) is 5.02 Å². The van der Waals surface area contributed by atoms with E-state index in [4.69, 9.17) is 25.8 Å². The van der Waals surface area contributed by atoms with E-state index in [-0.39, 0.29) is 30.3 Å². The van der Waals surface area contributed by atoms with Crippen molar-refractivity contribution in [2.24, 2.45) is 4.99 Å². The third kappa shape index (κ3) is 9.55. The van der Waals surface area contributed by atoms with E-state index in [0.717, 1.165) is 18.4 Å². The molecule has 0 saturated carbocycles. The first-order valence-corrected chi connectivity index (χ1v) is 11.2. The molecule has 34 heavy (non-hydrogen) atoms. The lowest BCUT2D eigenvalue weighted by Crippen LogP contribution is -2.46. The van der Waals surface area contributed by atoms with Crippen molar-refractivity contribution in [2.45, 2.75) is 45.5 Å². The summed E-state index contributed by atoms with van der Waals surface area (Å²) >= 11 is 5.66. The highest BCUT2D eigenvalue weighted by Gasteiger charge is 2.29. The van der Waals surface area contributed by atoms with Crippen LogP contribution in [0.15, 0.2) is 34.7 Å². The molecule has 7 nitrogen and oxygen atoms in total. The van der Waals surface area contributed by atoms with Gasteiger partial charge in [0.1, 0.15) is 24.9 Å². The number of aliphatic imine (C=N–C) groups is 1. The van der Waals surface area contributed by atoms with E-state index in [0.29, 0.717) is 31.3 Å². The zero-order valence-corrected chi connectivity index (χ0v) is 20.1. The molecule has 12 heteroatoms. The molecule has 0 amide bonds. The van der Waals surface area contributed by atoms with Crippen LogP contribution < -0.4 is 10.1 Å². The number of nitrogens with one attached hydrogen (secondary N) is 1. The summed E-state index contributed by atoms with van der Waals surface area (Å²) in [4.78, 5) is 6.12. The molecule has 0 aromatic heterocycles. The molecule has 192 valence electrons. The number of amidine groups is 1. The molecule has 1 N–H and O–H groups in total. The van der Waals surface area contributed by atoms with Crippen LogP contribution in [0.4, 0.5) is 17.6 Å². The zero-order chi connectivity index (χ0) is 25.1. The van der Waals surface area contributed by atoms with Gasteiger partial charge in [0, 0.05) is 37.8 Å². The first-order chi connectivity index (χ1) is 16.1. The highest BCUT2D eigenvalue weighted by atomic mass is 35.5. The largest absolute Gasteiger partial charge is 0.522 e. The average molecular weight is 512 g/mol. The Morgan fingerprint density at radius 3 is 2.53 bits per heavy atom. The molecule has 0 aliphatic carbocycles. The number of allylic oxidation sites excluding steroid dienone is 1. The van der Waals surface area contributed by atoms with Crippen molar-refractivity contribution in [1.29, 1.82) is 0 Å². The summed E-state index contributed by atoms with van der Waals surface area (Å²) in [6, 6.07) is 4.76. The van der Waals surface area contributed by atoms with Crippen LogP contribution in [0.1, 0.15) is 33.1 Å². The topological polar surface area (TPSA) is 64.5 Å². The Morgan fingerprint density at radius 1 is 1.24 bits per heavy atom. The van der Waals surface area contributed by atoms with Gasteiger partial charge in [-0.2, -0.15) is 0 Å². The van der Waals surface area contributed by atoms with Crippen LogP contribution in [0.5, 0.6) is 5.75 Å². The van der Waals surface area contributed by atoms with Gasteiger partial charge in [-0.25, -0.2) is 9.38 Å². The lowest BCUT2D eigenvalue weighted by Gasteiger charge is -2.33. The second-order valence-corrected chi connectivity index (χ2v) is 7.91. The maximum absolute atomic E-state index is 13.5. The summed E-state index contributed by atoms with van der Waals surface area (Å²) in [6.45, 7) is 4.18. The molecule has 1 aromatic carbocycles. The van der Waals surface area contributed by atoms with Crippen LogP contribution in [0.25, 0.3) is 0 Å². The Kier molecular flexibility index (Phi) is 11.2. The normalized spacial score (nSPS) is 16.4. The number of rotatable bonds is 10. The summed E-state index contributed by atoms with van der Waals surface area (Å²) in [6.07, 6.45) is -2.58.